The van der Waals surface area contributed by atoms with Crippen LogP contribution in [0.1, 0.15) is 32.0 Å². The monoisotopic (exact) mass is 294 g/mol. The maximum Gasteiger partial charge on any atom is 0.330 e. The molecule has 0 atom stereocenters. The zero-order chi connectivity index (χ0) is 15.6. The molecule has 0 unspecified atom stereocenters. The molecular weight excluding hydrogens is 276 g/mol. The minimum Gasteiger partial charge on any atom is -0.481 e. The summed E-state index contributed by atoms with van der Waals surface area (Å²) in [6.07, 6.45) is 1.90. The highest BCUT2D eigenvalue weighted by Crippen LogP contribution is 2.12. The van der Waals surface area contributed by atoms with Crippen LogP contribution in [0.2, 0.25) is 0 Å². The van der Waals surface area contributed by atoms with Gasteiger partial charge in [-0.15, -0.1) is 0 Å². The van der Waals surface area contributed by atoms with E-state index < -0.39 is 17.2 Å². The molecule has 0 saturated carbocycles. The zero-order valence-electron chi connectivity index (χ0n) is 12.0. The lowest BCUT2D eigenvalue weighted by Crippen LogP contribution is -2.30. The van der Waals surface area contributed by atoms with Crippen LogP contribution in [0.5, 0.6) is 0 Å². The first kappa shape index (κ1) is 15.0. The quantitative estimate of drug-likeness (QED) is 0.742. The molecule has 21 heavy (non-hydrogen) atoms. The number of hydrogen-bond acceptors (Lipinski definition) is 4. The summed E-state index contributed by atoms with van der Waals surface area (Å²) in [6.45, 7) is 2.22. The molecule has 2 aromatic heterocycles. The second-order valence-corrected chi connectivity index (χ2v) is 4.86. The van der Waals surface area contributed by atoms with E-state index in [4.69, 9.17) is 5.11 Å². The SMILES string of the molecule is CCn1c(=O)[nH]c(=O)c2c1nc(CCCCC(=O)O)n2C. The number of unbranched alkanes of at least 4 members (excludes halogenated alkanes) is 1. The zero-order valence-corrected chi connectivity index (χ0v) is 12.0. The van der Waals surface area contributed by atoms with Crippen LogP contribution in [0.15, 0.2) is 9.59 Å². The van der Waals surface area contributed by atoms with Gasteiger partial charge in [-0.25, -0.2) is 9.78 Å². The Morgan fingerprint density at radius 1 is 1.33 bits per heavy atom. The fraction of sp³-hybridized carbons (Fsp3) is 0.538. The van der Waals surface area contributed by atoms with Gasteiger partial charge in [0.2, 0.25) is 0 Å². The van der Waals surface area contributed by atoms with Gasteiger partial charge in [0, 0.05) is 26.4 Å². The Hall–Kier alpha value is -2.38. The van der Waals surface area contributed by atoms with Gasteiger partial charge in [0.15, 0.2) is 11.2 Å². The molecule has 0 aliphatic rings. The van der Waals surface area contributed by atoms with E-state index in [0.29, 0.717) is 42.8 Å². The Bertz CT molecular complexity index is 784. The summed E-state index contributed by atoms with van der Waals surface area (Å²) in [5, 5.41) is 8.61. The average molecular weight is 294 g/mol. The molecule has 8 heteroatoms. The molecule has 2 N–H and O–H groups in total. The smallest absolute Gasteiger partial charge is 0.330 e. The molecule has 0 saturated heterocycles. The number of H-pyrrole nitrogens is 1. The Morgan fingerprint density at radius 2 is 2.05 bits per heavy atom. The number of aromatic amines is 1. The molecule has 0 amide bonds. The number of imidazole rings is 1. The molecule has 0 fully saturated rings. The number of rotatable bonds is 6. The number of carbonyl (C=O) groups is 1. The Kier molecular flexibility index (Phi) is 4.25. The van der Waals surface area contributed by atoms with Crippen LogP contribution in [0.25, 0.3) is 11.2 Å². The third-order valence-corrected chi connectivity index (χ3v) is 3.46. The predicted octanol–water partition coefficient (Wildman–Crippen LogP) is 0.241. The molecule has 0 bridgehead atoms. The summed E-state index contributed by atoms with van der Waals surface area (Å²) in [6, 6.07) is 0. The lowest BCUT2D eigenvalue weighted by atomic mass is 10.2. The number of nitrogens with zero attached hydrogens (tertiary/aromatic N) is 3. The number of carboxylic acid groups (broad SMARTS) is 1. The van der Waals surface area contributed by atoms with Gasteiger partial charge in [0.1, 0.15) is 5.82 Å². The molecule has 8 nitrogen and oxygen atoms in total. The number of fused-ring (bicyclic) bond motifs is 1. The van der Waals surface area contributed by atoms with E-state index in [1.54, 1.807) is 18.5 Å². The van der Waals surface area contributed by atoms with Crippen molar-refractivity contribution in [1.82, 2.24) is 19.1 Å². The predicted molar refractivity (Wildman–Crippen MR) is 76.5 cm³/mol. The largest absolute Gasteiger partial charge is 0.481 e. The van der Waals surface area contributed by atoms with E-state index in [2.05, 4.69) is 9.97 Å². The number of aliphatic carboxylic acids is 1. The summed E-state index contributed by atoms with van der Waals surface area (Å²) < 4.78 is 3.08. The third kappa shape index (κ3) is 2.88. The van der Waals surface area contributed by atoms with E-state index in [1.807, 2.05) is 0 Å². The third-order valence-electron chi connectivity index (χ3n) is 3.46. The first-order valence-corrected chi connectivity index (χ1v) is 6.86. The molecule has 2 heterocycles. The lowest BCUT2D eigenvalue weighted by molar-refractivity contribution is -0.137. The maximum absolute atomic E-state index is 11.9. The van der Waals surface area contributed by atoms with Crippen molar-refractivity contribution in [2.24, 2.45) is 7.05 Å². The highest BCUT2D eigenvalue weighted by Gasteiger charge is 2.15. The molecule has 2 rings (SSSR count). The minimum atomic E-state index is -0.823. The van der Waals surface area contributed by atoms with Gasteiger partial charge in [-0.05, 0) is 19.8 Å². The highest BCUT2D eigenvalue weighted by molar-refractivity contribution is 5.70. The van der Waals surface area contributed by atoms with Crippen molar-refractivity contribution in [3.8, 4) is 0 Å². The van der Waals surface area contributed by atoms with Crippen LogP contribution < -0.4 is 11.2 Å². The van der Waals surface area contributed by atoms with Gasteiger partial charge in [0.05, 0.1) is 0 Å². The van der Waals surface area contributed by atoms with Crippen LogP contribution in [-0.2, 0) is 24.8 Å². The maximum atomic E-state index is 11.9. The van der Waals surface area contributed by atoms with Gasteiger partial charge >= 0.3 is 11.7 Å². The number of aryl methyl sites for hydroxylation is 3. The normalized spacial score (nSPS) is 11.1. The summed E-state index contributed by atoms with van der Waals surface area (Å²) in [7, 11) is 1.72. The first-order valence-electron chi connectivity index (χ1n) is 6.86. The molecule has 0 aromatic carbocycles. The Balaban J connectivity index is 2.37. The topological polar surface area (TPSA) is 110 Å². The van der Waals surface area contributed by atoms with E-state index in [1.165, 1.54) is 4.57 Å². The van der Waals surface area contributed by atoms with Crippen LogP contribution >= 0.6 is 0 Å². The standard InChI is InChI=1S/C13H18N4O4/c1-3-17-11-10(12(20)15-13(17)21)16(2)8(14-11)6-4-5-7-9(18)19/h3-7H2,1-2H3,(H,18,19)(H,15,20,21). The van der Waals surface area contributed by atoms with Crippen molar-refractivity contribution in [2.45, 2.75) is 39.2 Å². The van der Waals surface area contributed by atoms with Crippen LogP contribution in [-0.4, -0.2) is 30.2 Å². The van der Waals surface area contributed by atoms with Crippen molar-refractivity contribution in [1.29, 1.82) is 0 Å². The van der Waals surface area contributed by atoms with Gasteiger partial charge in [-0.1, -0.05) is 0 Å². The Morgan fingerprint density at radius 3 is 2.67 bits per heavy atom. The fourth-order valence-electron chi connectivity index (χ4n) is 2.37. The van der Waals surface area contributed by atoms with Crippen LogP contribution in [0.4, 0.5) is 0 Å². The fourth-order valence-corrected chi connectivity index (χ4v) is 2.37. The molecule has 0 aliphatic carbocycles. The summed E-state index contributed by atoms with van der Waals surface area (Å²) in [5.41, 5.74) is -0.177. The second kappa shape index (κ2) is 5.94. The molecule has 114 valence electrons. The molecule has 0 spiro atoms. The number of nitrogens with one attached hydrogen (secondary N) is 1. The number of hydrogen-bond donors (Lipinski definition) is 2. The number of aromatic nitrogens is 4. The highest BCUT2D eigenvalue weighted by atomic mass is 16.4. The molecule has 2 aromatic rings. The number of carboxylic acids is 1. The van der Waals surface area contributed by atoms with E-state index >= 15 is 0 Å². The van der Waals surface area contributed by atoms with Crippen molar-refractivity contribution < 1.29 is 9.90 Å². The molecular formula is C13H18N4O4. The van der Waals surface area contributed by atoms with E-state index in [0.717, 1.165) is 0 Å². The first-order chi connectivity index (χ1) is 9.95. The van der Waals surface area contributed by atoms with E-state index in [9.17, 15) is 14.4 Å². The van der Waals surface area contributed by atoms with Crippen molar-refractivity contribution in [3.63, 3.8) is 0 Å². The van der Waals surface area contributed by atoms with Crippen molar-refractivity contribution in [3.05, 3.63) is 26.7 Å². The lowest BCUT2D eigenvalue weighted by Gasteiger charge is -2.02. The van der Waals surface area contributed by atoms with Gasteiger partial charge in [-0.2, -0.15) is 0 Å². The molecule has 0 radical (unpaired) electrons. The Labute approximate surface area is 120 Å². The van der Waals surface area contributed by atoms with E-state index in [-0.39, 0.29) is 6.42 Å². The minimum absolute atomic E-state index is 0.115. The van der Waals surface area contributed by atoms with Gasteiger partial charge < -0.3 is 9.67 Å². The molecule has 0 aliphatic heterocycles. The van der Waals surface area contributed by atoms with Crippen molar-refractivity contribution in [2.75, 3.05) is 0 Å². The van der Waals surface area contributed by atoms with Crippen molar-refractivity contribution >= 4 is 17.1 Å². The van der Waals surface area contributed by atoms with Gasteiger partial charge in [0.25, 0.3) is 5.56 Å². The average Bonchev–Trinajstić information content (AvgIpc) is 2.72. The van der Waals surface area contributed by atoms with Crippen LogP contribution in [0, 0.1) is 0 Å². The van der Waals surface area contributed by atoms with Gasteiger partial charge in [-0.3, -0.25) is 19.1 Å². The van der Waals surface area contributed by atoms with Crippen LogP contribution in [0.3, 0.4) is 0 Å². The second-order valence-electron chi connectivity index (χ2n) is 4.86. The summed E-state index contributed by atoms with van der Waals surface area (Å²) in [5.74, 6) is -0.148. The summed E-state index contributed by atoms with van der Waals surface area (Å²) in [4.78, 5) is 40.8. The summed E-state index contributed by atoms with van der Waals surface area (Å²) >= 11 is 0.